The van der Waals surface area contributed by atoms with Gasteiger partial charge in [0.15, 0.2) is 0 Å². The van der Waals surface area contributed by atoms with Gasteiger partial charge in [0, 0.05) is 18.7 Å². The van der Waals surface area contributed by atoms with Crippen molar-refractivity contribution in [1.82, 2.24) is 10.2 Å². The Morgan fingerprint density at radius 2 is 2.11 bits per heavy atom. The van der Waals surface area contributed by atoms with Gasteiger partial charge in [-0.05, 0) is 25.1 Å². The van der Waals surface area contributed by atoms with E-state index in [1.54, 1.807) is 19.1 Å². The van der Waals surface area contributed by atoms with Crippen molar-refractivity contribution in [1.29, 1.82) is 0 Å². The van der Waals surface area contributed by atoms with E-state index in [1.807, 2.05) is 0 Å². The smallest absolute Gasteiger partial charge is 0.254 e. The van der Waals surface area contributed by atoms with Crippen molar-refractivity contribution < 1.29 is 9.59 Å². The standard InChI is InChI=1S/C12H12Cl2N2O2/c1-7-11(17)15-4-5-16(7)12(18)8-2-3-9(13)10(14)6-8/h2-3,6-7H,4-5H2,1H3,(H,15,17). The lowest BCUT2D eigenvalue weighted by Crippen LogP contribution is -2.55. The van der Waals surface area contributed by atoms with E-state index in [0.717, 1.165) is 0 Å². The Morgan fingerprint density at radius 1 is 1.39 bits per heavy atom. The Morgan fingerprint density at radius 3 is 2.78 bits per heavy atom. The lowest BCUT2D eigenvalue weighted by molar-refractivity contribution is -0.127. The summed E-state index contributed by atoms with van der Waals surface area (Å²) in [4.78, 5) is 25.3. The molecular formula is C12H12Cl2N2O2. The molecule has 1 aromatic rings. The maximum Gasteiger partial charge on any atom is 0.254 e. The monoisotopic (exact) mass is 286 g/mol. The summed E-state index contributed by atoms with van der Waals surface area (Å²) in [5.74, 6) is -0.356. The van der Waals surface area contributed by atoms with Gasteiger partial charge in [-0.1, -0.05) is 23.2 Å². The van der Waals surface area contributed by atoms with Gasteiger partial charge in [0.25, 0.3) is 5.91 Å². The predicted molar refractivity (Wildman–Crippen MR) is 70.0 cm³/mol. The Bertz CT molecular complexity index is 505. The first kappa shape index (κ1) is 13.2. The number of piperazine rings is 1. The maximum absolute atomic E-state index is 12.3. The Kier molecular flexibility index (Phi) is 3.78. The van der Waals surface area contributed by atoms with Crippen LogP contribution in [0.5, 0.6) is 0 Å². The molecule has 1 fully saturated rings. The number of amides is 2. The third-order valence-electron chi connectivity index (χ3n) is 2.93. The number of nitrogens with zero attached hydrogens (tertiary/aromatic N) is 1. The number of hydrogen-bond acceptors (Lipinski definition) is 2. The molecule has 18 heavy (non-hydrogen) atoms. The van der Waals surface area contributed by atoms with Gasteiger partial charge in [-0.25, -0.2) is 0 Å². The zero-order chi connectivity index (χ0) is 13.3. The molecule has 1 aromatic carbocycles. The molecule has 1 unspecified atom stereocenters. The van der Waals surface area contributed by atoms with Crippen molar-refractivity contribution in [2.75, 3.05) is 13.1 Å². The summed E-state index contributed by atoms with van der Waals surface area (Å²) in [6.07, 6.45) is 0. The fraction of sp³-hybridized carbons (Fsp3) is 0.333. The van der Waals surface area contributed by atoms with Crippen molar-refractivity contribution in [3.8, 4) is 0 Å². The molecular weight excluding hydrogens is 275 g/mol. The minimum Gasteiger partial charge on any atom is -0.353 e. The summed E-state index contributed by atoms with van der Waals surface area (Å²) in [5.41, 5.74) is 0.436. The molecule has 0 aromatic heterocycles. The minimum absolute atomic E-state index is 0.144. The van der Waals surface area contributed by atoms with E-state index in [9.17, 15) is 9.59 Å². The quantitative estimate of drug-likeness (QED) is 0.858. The van der Waals surface area contributed by atoms with Crippen molar-refractivity contribution in [3.05, 3.63) is 33.8 Å². The van der Waals surface area contributed by atoms with Crippen LogP contribution in [-0.2, 0) is 4.79 Å². The summed E-state index contributed by atoms with van der Waals surface area (Å²) in [6, 6.07) is 4.23. The molecule has 1 atom stereocenters. The SMILES string of the molecule is CC1C(=O)NCCN1C(=O)c1ccc(Cl)c(Cl)c1. The third-order valence-corrected chi connectivity index (χ3v) is 3.67. The van der Waals surface area contributed by atoms with Crippen LogP contribution in [0.25, 0.3) is 0 Å². The van der Waals surface area contributed by atoms with Crippen LogP contribution >= 0.6 is 23.2 Å². The lowest BCUT2D eigenvalue weighted by atomic mass is 10.1. The van der Waals surface area contributed by atoms with Crippen molar-refractivity contribution in [2.24, 2.45) is 0 Å². The first-order valence-electron chi connectivity index (χ1n) is 5.54. The molecule has 1 saturated heterocycles. The third kappa shape index (κ3) is 2.44. The first-order valence-corrected chi connectivity index (χ1v) is 6.30. The molecule has 0 spiro atoms. The van der Waals surface area contributed by atoms with Crippen LogP contribution < -0.4 is 5.32 Å². The molecule has 1 aliphatic rings. The van der Waals surface area contributed by atoms with Crippen LogP contribution in [-0.4, -0.2) is 35.8 Å². The van der Waals surface area contributed by atoms with Crippen LogP contribution in [0.3, 0.4) is 0 Å². The number of carbonyl (C=O) groups is 2. The van der Waals surface area contributed by atoms with Crippen molar-refractivity contribution in [2.45, 2.75) is 13.0 Å². The normalized spacial score (nSPS) is 19.6. The predicted octanol–water partition coefficient (Wildman–Crippen LogP) is 1.95. The van der Waals surface area contributed by atoms with Gasteiger partial charge in [-0.2, -0.15) is 0 Å². The second-order valence-electron chi connectivity index (χ2n) is 4.09. The fourth-order valence-electron chi connectivity index (χ4n) is 1.85. The molecule has 0 aliphatic carbocycles. The highest BCUT2D eigenvalue weighted by Gasteiger charge is 2.29. The lowest BCUT2D eigenvalue weighted by Gasteiger charge is -2.32. The molecule has 0 bridgehead atoms. The van der Waals surface area contributed by atoms with E-state index in [1.165, 1.54) is 11.0 Å². The molecule has 0 saturated carbocycles. The van der Waals surface area contributed by atoms with Gasteiger partial charge in [0.1, 0.15) is 6.04 Å². The van der Waals surface area contributed by atoms with Crippen molar-refractivity contribution >= 4 is 35.0 Å². The molecule has 4 nitrogen and oxygen atoms in total. The highest BCUT2D eigenvalue weighted by atomic mass is 35.5. The van der Waals surface area contributed by atoms with E-state index in [4.69, 9.17) is 23.2 Å². The maximum atomic E-state index is 12.3. The summed E-state index contributed by atoms with van der Waals surface area (Å²) < 4.78 is 0. The van der Waals surface area contributed by atoms with Crippen LogP contribution in [0.1, 0.15) is 17.3 Å². The average Bonchev–Trinajstić information content (AvgIpc) is 2.35. The van der Waals surface area contributed by atoms with Gasteiger partial charge in [-0.15, -0.1) is 0 Å². The Hall–Kier alpha value is -1.26. The van der Waals surface area contributed by atoms with Crippen LogP contribution in [0, 0.1) is 0 Å². The molecule has 2 rings (SSSR count). The fourth-order valence-corrected chi connectivity index (χ4v) is 2.15. The van der Waals surface area contributed by atoms with Gasteiger partial charge in [-0.3, -0.25) is 9.59 Å². The largest absolute Gasteiger partial charge is 0.353 e. The van der Waals surface area contributed by atoms with E-state index in [-0.39, 0.29) is 11.8 Å². The topological polar surface area (TPSA) is 49.4 Å². The van der Waals surface area contributed by atoms with E-state index in [2.05, 4.69) is 5.32 Å². The second kappa shape index (κ2) is 5.16. The Labute approximate surface area is 115 Å². The Balaban J connectivity index is 2.25. The summed E-state index contributed by atoms with van der Waals surface area (Å²) in [5, 5.41) is 3.44. The molecule has 1 heterocycles. The van der Waals surface area contributed by atoms with Gasteiger partial charge in [0.05, 0.1) is 10.0 Å². The van der Waals surface area contributed by atoms with E-state index in [0.29, 0.717) is 28.7 Å². The van der Waals surface area contributed by atoms with Crippen LogP contribution in [0.2, 0.25) is 10.0 Å². The number of nitrogens with one attached hydrogen (secondary N) is 1. The summed E-state index contributed by atoms with van der Waals surface area (Å²) in [7, 11) is 0. The molecule has 6 heteroatoms. The molecule has 1 N–H and O–H groups in total. The highest BCUT2D eigenvalue weighted by Crippen LogP contribution is 2.23. The van der Waals surface area contributed by atoms with Gasteiger partial charge >= 0.3 is 0 Å². The molecule has 1 aliphatic heterocycles. The van der Waals surface area contributed by atoms with E-state index >= 15 is 0 Å². The van der Waals surface area contributed by atoms with Gasteiger partial charge in [0.2, 0.25) is 5.91 Å². The molecule has 2 amide bonds. The van der Waals surface area contributed by atoms with Crippen LogP contribution in [0.15, 0.2) is 18.2 Å². The van der Waals surface area contributed by atoms with Gasteiger partial charge < -0.3 is 10.2 Å². The molecule has 0 radical (unpaired) electrons. The number of rotatable bonds is 1. The number of carbonyl (C=O) groups excluding carboxylic acids is 2. The first-order chi connectivity index (χ1) is 8.50. The second-order valence-corrected chi connectivity index (χ2v) is 4.91. The molecule has 96 valence electrons. The average molecular weight is 287 g/mol. The zero-order valence-corrected chi connectivity index (χ0v) is 11.3. The van der Waals surface area contributed by atoms with Crippen LogP contribution in [0.4, 0.5) is 0 Å². The number of hydrogen-bond donors (Lipinski definition) is 1. The highest BCUT2D eigenvalue weighted by molar-refractivity contribution is 6.42. The summed E-state index contributed by atoms with van der Waals surface area (Å²) >= 11 is 11.7. The minimum atomic E-state index is -0.472. The summed E-state index contributed by atoms with van der Waals surface area (Å²) in [6.45, 7) is 2.66. The van der Waals surface area contributed by atoms with Crippen molar-refractivity contribution in [3.63, 3.8) is 0 Å². The number of halogens is 2. The van der Waals surface area contributed by atoms with E-state index < -0.39 is 6.04 Å². The number of benzene rings is 1. The zero-order valence-electron chi connectivity index (χ0n) is 9.74.